The molecular formula is C23H26N6O. The quantitative estimate of drug-likeness (QED) is 0.708. The molecule has 0 bridgehead atoms. The number of rotatable bonds is 5. The molecule has 1 amide bonds. The minimum Gasteiger partial charge on any atom is -0.345 e. The first-order chi connectivity index (χ1) is 14.7. The van der Waals surface area contributed by atoms with E-state index in [2.05, 4.69) is 37.5 Å². The number of pyridine rings is 1. The molecule has 0 unspecified atom stereocenters. The predicted octanol–water partition coefficient (Wildman–Crippen LogP) is 2.22. The summed E-state index contributed by atoms with van der Waals surface area (Å²) in [5.74, 6) is 2.27. The molecule has 7 nitrogen and oxygen atoms in total. The number of nitrogens with zero attached hydrogens (tertiary/aromatic N) is 5. The largest absolute Gasteiger partial charge is 0.345 e. The highest BCUT2D eigenvalue weighted by molar-refractivity contribution is 5.90. The van der Waals surface area contributed by atoms with E-state index in [0.29, 0.717) is 24.2 Å². The number of carbonyl (C=O) groups is 1. The summed E-state index contributed by atoms with van der Waals surface area (Å²) >= 11 is 0. The van der Waals surface area contributed by atoms with E-state index in [0.717, 1.165) is 55.4 Å². The van der Waals surface area contributed by atoms with Crippen molar-refractivity contribution in [2.24, 2.45) is 11.8 Å². The summed E-state index contributed by atoms with van der Waals surface area (Å²) in [7, 11) is 0. The Kier molecular flexibility index (Phi) is 5.04. The van der Waals surface area contributed by atoms with Crippen LogP contribution in [0.4, 0.5) is 0 Å². The third-order valence-corrected chi connectivity index (χ3v) is 6.17. The highest BCUT2D eigenvalue weighted by atomic mass is 16.2. The highest BCUT2D eigenvalue weighted by Gasteiger charge is 2.39. The minimum absolute atomic E-state index is 0.158. The minimum atomic E-state index is -0.158. The summed E-state index contributed by atoms with van der Waals surface area (Å²) < 4.78 is 2.02. The average molecular weight is 403 g/mol. The number of benzene rings is 1. The standard InChI is InChI=1S/C23H26N6O/c1-16-6-5-9-20(25-16)15-28-12-18-10-21-26-27-22(29(21)14-19(18)13-28)23(30)24-11-17-7-3-2-4-8-17/h2-9,18-19H,10-15H2,1H3,(H,24,30)/t18-,19-/m1/s1. The van der Waals surface area contributed by atoms with Gasteiger partial charge in [-0.05, 0) is 36.5 Å². The molecule has 0 spiro atoms. The third-order valence-electron chi connectivity index (χ3n) is 6.17. The first kappa shape index (κ1) is 18.9. The molecule has 1 N–H and O–H groups in total. The maximum absolute atomic E-state index is 12.7. The molecule has 2 aliphatic heterocycles. The van der Waals surface area contributed by atoms with E-state index >= 15 is 0 Å². The number of aromatic nitrogens is 4. The summed E-state index contributed by atoms with van der Waals surface area (Å²) in [5, 5.41) is 11.5. The zero-order valence-electron chi connectivity index (χ0n) is 17.2. The van der Waals surface area contributed by atoms with E-state index < -0.39 is 0 Å². The van der Waals surface area contributed by atoms with Crippen molar-refractivity contribution in [3.8, 4) is 0 Å². The molecule has 4 heterocycles. The third kappa shape index (κ3) is 3.85. The number of carbonyl (C=O) groups excluding carboxylic acids is 1. The second kappa shape index (κ2) is 7.99. The van der Waals surface area contributed by atoms with Gasteiger partial charge in [-0.1, -0.05) is 36.4 Å². The lowest BCUT2D eigenvalue weighted by Crippen LogP contribution is -2.32. The number of likely N-dealkylation sites (tertiary alicyclic amines) is 1. The van der Waals surface area contributed by atoms with Crippen LogP contribution in [0.2, 0.25) is 0 Å². The lowest BCUT2D eigenvalue weighted by atomic mass is 9.89. The molecule has 30 heavy (non-hydrogen) atoms. The van der Waals surface area contributed by atoms with Crippen molar-refractivity contribution in [1.82, 2.24) is 30.0 Å². The molecule has 7 heteroatoms. The molecule has 3 aromatic rings. The fourth-order valence-electron chi connectivity index (χ4n) is 4.69. The van der Waals surface area contributed by atoms with Crippen LogP contribution in [0.3, 0.4) is 0 Å². The lowest BCUT2D eigenvalue weighted by molar-refractivity contribution is 0.0932. The first-order valence-electron chi connectivity index (χ1n) is 10.5. The van der Waals surface area contributed by atoms with Gasteiger partial charge in [0.05, 0.1) is 5.69 Å². The summed E-state index contributed by atoms with van der Waals surface area (Å²) in [6.07, 6.45) is 0.876. The van der Waals surface area contributed by atoms with Gasteiger partial charge in [-0.25, -0.2) is 0 Å². The second-order valence-electron chi connectivity index (χ2n) is 8.41. The molecule has 2 aromatic heterocycles. The zero-order valence-corrected chi connectivity index (χ0v) is 17.2. The van der Waals surface area contributed by atoms with Crippen LogP contribution in [0, 0.1) is 18.8 Å². The van der Waals surface area contributed by atoms with Crippen molar-refractivity contribution in [3.63, 3.8) is 0 Å². The van der Waals surface area contributed by atoms with Crippen LogP contribution in [-0.4, -0.2) is 43.6 Å². The van der Waals surface area contributed by atoms with Gasteiger partial charge >= 0.3 is 0 Å². The fourth-order valence-corrected chi connectivity index (χ4v) is 4.69. The van der Waals surface area contributed by atoms with Crippen LogP contribution in [0.15, 0.2) is 48.5 Å². The smallest absolute Gasteiger partial charge is 0.289 e. The van der Waals surface area contributed by atoms with Crippen LogP contribution < -0.4 is 5.32 Å². The normalized spacial score (nSPS) is 20.6. The Balaban J connectivity index is 1.24. The molecule has 0 saturated carbocycles. The molecule has 1 fully saturated rings. The molecule has 0 aliphatic carbocycles. The van der Waals surface area contributed by atoms with Crippen LogP contribution in [0.25, 0.3) is 0 Å². The van der Waals surface area contributed by atoms with Gasteiger partial charge in [0.15, 0.2) is 0 Å². The van der Waals surface area contributed by atoms with Crippen molar-refractivity contribution >= 4 is 5.91 Å². The number of hydrogen-bond donors (Lipinski definition) is 1. The SMILES string of the molecule is Cc1cccc(CN2C[C@H]3Cc4nnc(C(=O)NCc5ccccc5)n4C[C@H]3C2)n1. The number of hydrogen-bond acceptors (Lipinski definition) is 5. The molecule has 2 aliphatic rings. The van der Waals surface area contributed by atoms with Crippen LogP contribution >= 0.6 is 0 Å². The van der Waals surface area contributed by atoms with Gasteiger partial charge in [0.25, 0.3) is 5.91 Å². The maximum Gasteiger partial charge on any atom is 0.289 e. The van der Waals surface area contributed by atoms with Gasteiger partial charge < -0.3 is 9.88 Å². The number of nitrogens with one attached hydrogen (secondary N) is 1. The van der Waals surface area contributed by atoms with Crippen molar-refractivity contribution in [2.75, 3.05) is 13.1 Å². The fraction of sp³-hybridized carbons (Fsp3) is 0.391. The van der Waals surface area contributed by atoms with Crippen molar-refractivity contribution in [2.45, 2.75) is 33.0 Å². The molecule has 2 atom stereocenters. The topological polar surface area (TPSA) is 75.9 Å². The predicted molar refractivity (Wildman–Crippen MR) is 113 cm³/mol. The molecule has 5 rings (SSSR count). The van der Waals surface area contributed by atoms with E-state index in [9.17, 15) is 4.79 Å². The van der Waals surface area contributed by atoms with E-state index in [1.54, 1.807) is 0 Å². The van der Waals surface area contributed by atoms with Crippen molar-refractivity contribution in [3.05, 3.63) is 77.1 Å². The molecular weight excluding hydrogens is 376 g/mol. The molecule has 154 valence electrons. The van der Waals surface area contributed by atoms with Gasteiger partial charge in [0, 0.05) is 44.8 Å². The Morgan fingerprint density at radius 2 is 1.87 bits per heavy atom. The average Bonchev–Trinajstić information content (AvgIpc) is 3.33. The Morgan fingerprint density at radius 3 is 2.70 bits per heavy atom. The van der Waals surface area contributed by atoms with Crippen LogP contribution in [-0.2, 0) is 26.1 Å². The number of aryl methyl sites for hydroxylation is 1. The second-order valence-corrected chi connectivity index (χ2v) is 8.41. The van der Waals surface area contributed by atoms with Crippen LogP contribution in [0.1, 0.15) is 33.4 Å². The summed E-state index contributed by atoms with van der Waals surface area (Å²) in [6.45, 7) is 6.26. The van der Waals surface area contributed by atoms with E-state index in [1.165, 1.54) is 0 Å². The highest BCUT2D eigenvalue weighted by Crippen LogP contribution is 2.33. The Hall–Kier alpha value is -3.06. The molecule has 1 saturated heterocycles. The van der Waals surface area contributed by atoms with Crippen LogP contribution in [0.5, 0.6) is 0 Å². The summed E-state index contributed by atoms with van der Waals surface area (Å²) in [6, 6.07) is 16.1. The van der Waals surface area contributed by atoms with Crippen molar-refractivity contribution < 1.29 is 4.79 Å². The Bertz CT molecular complexity index is 1050. The van der Waals surface area contributed by atoms with Gasteiger partial charge in [-0.15, -0.1) is 10.2 Å². The lowest BCUT2D eigenvalue weighted by Gasteiger charge is -2.25. The number of amides is 1. The monoisotopic (exact) mass is 402 g/mol. The van der Waals surface area contributed by atoms with Gasteiger partial charge in [0.1, 0.15) is 5.82 Å². The van der Waals surface area contributed by atoms with E-state index in [1.807, 2.05) is 47.9 Å². The molecule has 1 aromatic carbocycles. The van der Waals surface area contributed by atoms with E-state index in [4.69, 9.17) is 0 Å². The molecule has 0 radical (unpaired) electrons. The van der Waals surface area contributed by atoms with Crippen molar-refractivity contribution in [1.29, 1.82) is 0 Å². The van der Waals surface area contributed by atoms with E-state index in [-0.39, 0.29) is 5.91 Å². The Morgan fingerprint density at radius 1 is 1.03 bits per heavy atom. The van der Waals surface area contributed by atoms with Gasteiger partial charge in [-0.3, -0.25) is 14.7 Å². The Labute approximate surface area is 176 Å². The summed E-state index contributed by atoms with van der Waals surface area (Å²) in [5.41, 5.74) is 3.25. The van der Waals surface area contributed by atoms with Gasteiger partial charge in [-0.2, -0.15) is 0 Å². The zero-order chi connectivity index (χ0) is 20.5. The number of fused-ring (bicyclic) bond motifs is 2. The maximum atomic E-state index is 12.7. The first-order valence-corrected chi connectivity index (χ1v) is 10.5. The van der Waals surface area contributed by atoms with Gasteiger partial charge in [0.2, 0.25) is 5.82 Å². The summed E-state index contributed by atoms with van der Waals surface area (Å²) in [4.78, 5) is 19.8.